The van der Waals surface area contributed by atoms with E-state index < -0.39 is 0 Å². The lowest BCUT2D eigenvalue weighted by molar-refractivity contribution is 0.391. The van der Waals surface area contributed by atoms with Crippen molar-refractivity contribution in [2.24, 2.45) is 0 Å². The molecule has 0 saturated carbocycles. The fraction of sp³-hybridized carbons (Fsp3) is 0.500. The molecule has 1 aliphatic heterocycles. The van der Waals surface area contributed by atoms with Crippen molar-refractivity contribution in [3.8, 4) is 6.07 Å². The monoisotopic (exact) mass is 229 g/mol. The molecule has 1 aliphatic rings. The third kappa shape index (κ3) is 2.98. The minimum Gasteiger partial charge on any atom is -0.368 e. The van der Waals surface area contributed by atoms with Gasteiger partial charge < -0.3 is 10.2 Å². The Hall–Kier alpha value is -1.53. The largest absolute Gasteiger partial charge is 0.368 e. The topological polar surface area (TPSA) is 39.1 Å². The lowest BCUT2D eigenvalue weighted by atomic mass is 10.1. The summed E-state index contributed by atoms with van der Waals surface area (Å²) in [5.74, 6) is 0. The standard InChI is InChI=1S/C14H19N3/c1-11-3-5-14(6-4-11)17-9-12(2)16-13(10-17)7-8-15/h3-6,12-13,16H,7,9-10H2,1-2H3. The Labute approximate surface area is 103 Å². The van der Waals surface area contributed by atoms with E-state index in [0.717, 1.165) is 13.1 Å². The summed E-state index contributed by atoms with van der Waals surface area (Å²) in [6, 6.07) is 11.6. The smallest absolute Gasteiger partial charge is 0.0638 e. The van der Waals surface area contributed by atoms with Crippen LogP contribution in [0.25, 0.3) is 0 Å². The number of nitrogens with one attached hydrogen (secondary N) is 1. The number of aryl methyl sites for hydroxylation is 1. The van der Waals surface area contributed by atoms with Crippen LogP contribution in [-0.2, 0) is 0 Å². The second-order valence-electron chi connectivity index (χ2n) is 4.87. The SMILES string of the molecule is Cc1ccc(N2CC(C)NC(CC#N)C2)cc1. The summed E-state index contributed by atoms with van der Waals surface area (Å²) < 4.78 is 0. The Morgan fingerprint density at radius 1 is 1.35 bits per heavy atom. The van der Waals surface area contributed by atoms with Gasteiger partial charge in [0.25, 0.3) is 0 Å². The summed E-state index contributed by atoms with van der Waals surface area (Å²) in [5, 5.41) is 12.3. The summed E-state index contributed by atoms with van der Waals surface area (Å²) in [4.78, 5) is 2.36. The second kappa shape index (κ2) is 5.20. The molecule has 1 aromatic rings. The molecule has 0 amide bonds. The number of hydrogen-bond acceptors (Lipinski definition) is 3. The minimum absolute atomic E-state index is 0.282. The molecule has 0 aromatic heterocycles. The van der Waals surface area contributed by atoms with Crippen molar-refractivity contribution in [3.63, 3.8) is 0 Å². The molecule has 2 unspecified atom stereocenters. The van der Waals surface area contributed by atoms with Gasteiger partial charge in [-0.3, -0.25) is 0 Å². The van der Waals surface area contributed by atoms with Crippen molar-refractivity contribution in [1.29, 1.82) is 5.26 Å². The van der Waals surface area contributed by atoms with Crippen molar-refractivity contribution >= 4 is 5.69 Å². The van der Waals surface area contributed by atoms with E-state index in [1.807, 2.05) is 0 Å². The Morgan fingerprint density at radius 2 is 2.06 bits per heavy atom. The van der Waals surface area contributed by atoms with Gasteiger partial charge in [-0.25, -0.2) is 0 Å². The van der Waals surface area contributed by atoms with Crippen LogP contribution in [0.1, 0.15) is 18.9 Å². The van der Waals surface area contributed by atoms with Crippen molar-refractivity contribution in [1.82, 2.24) is 5.32 Å². The van der Waals surface area contributed by atoms with Crippen molar-refractivity contribution in [3.05, 3.63) is 29.8 Å². The number of benzene rings is 1. The highest BCUT2D eigenvalue weighted by molar-refractivity contribution is 5.48. The zero-order valence-corrected chi connectivity index (χ0v) is 10.5. The van der Waals surface area contributed by atoms with Crippen molar-refractivity contribution in [2.45, 2.75) is 32.4 Å². The highest BCUT2D eigenvalue weighted by atomic mass is 15.2. The van der Waals surface area contributed by atoms with Crippen LogP contribution in [0.15, 0.2) is 24.3 Å². The van der Waals surface area contributed by atoms with Gasteiger partial charge in [-0.2, -0.15) is 5.26 Å². The van der Waals surface area contributed by atoms with Gasteiger partial charge in [-0.05, 0) is 26.0 Å². The highest BCUT2D eigenvalue weighted by Crippen LogP contribution is 2.19. The molecular formula is C14H19N3. The van der Waals surface area contributed by atoms with Gasteiger partial charge in [0, 0.05) is 30.9 Å². The zero-order valence-electron chi connectivity index (χ0n) is 10.5. The molecule has 0 aliphatic carbocycles. The molecular weight excluding hydrogens is 210 g/mol. The Balaban J connectivity index is 2.10. The van der Waals surface area contributed by atoms with E-state index in [0.29, 0.717) is 12.5 Å². The van der Waals surface area contributed by atoms with Crippen LogP contribution in [0.5, 0.6) is 0 Å². The first-order valence-electron chi connectivity index (χ1n) is 6.13. The highest BCUT2D eigenvalue weighted by Gasteiger charge is 2.23. The first-order valence-corrected chi connectivity index (χ1v) is 6.13. The van der Waals surface area contributed by atoms with Crippen LogP contribution in [0.4, 0.5) is 5.69 Å². The van der Waals surface area contributed by atoms with Crippen LogP contribution in [0.2, 0.25) is 0 Å². The number of nitriles is 1. The third-order valence-corrected chi connectivity index (χ3v) is 3.19. The molecule has 3 heteroatoms. The summed E-state index contributed by atoms with van der Waals surface area (Å²) in [6.45, 7) is 6.19. The maximum atomic E-state index is 8.79. The number of piperazine rings is 1. The molecule has 0 bridgehead atoms. The minimum atomic E-state index is 0.282. The molecule has 1 aromatic carbocycles. The molecule has 1 saturated heterocycles. The van der Waals surface area contributed by atoms with E-state index in [-0.39, 0.29) is 6.04 Å². The number of hydrogen-bond donors (Lipinski definition) is 1. The quantitative estimate of drug-likeness (QED) is 0.844. The van der Waals surface area contributed by atoms with E-state index in [1.54, 1.807) is 0 Å². The fourth-order valence-corrected chi connectivity index (χ4v) is 2.38. The van der Waals surface area contributed by atoms with Gasteiger partial charge >= 0.3 is 0 Å². The molecule has 3 nitrogen and oxygen atoms in total. The molecule has 2 atom stereocenters. The van der Waals surface area contributed by atoms with Crippen LogP contribution in [0, 0.1) is 18.3 Å². The Morgan fingerprint density at radius 3 is 2.71 bits per heavy atom. The van der Waals surface area contributed by atoms with E-state index in [9.17, 15) is 0 Å². The maximum absolute atomic E-state index is 8.79. The normalized spacial score (nSPS) is 24.4. The van der Waals surface area contributed by atoms with E-state index in [2.05, 4.69) is 54.4 Å². The van der Waals surface area contributed by atoms with Crippen molar-refractivity contribution < 1.29 is 0 Å². The van der Waals surface area contributed by atoms with E-state index >= 15 is 0 Å². The van der Waals surface area contributed by atoms with Gasteiger partial charge in [-0.1, -0.05) is 17.7 Å². The average molecular weight is 229 g/mol. The summed E-state index contributed by atoms with van der Waals surface area (Å²) >= 11 is 0. The molecule has 90 valence electrons. The predicted octanol–water partition coefficient (Wildman–Crippen LogP) is 2.08. The van der Waals surface area contributed by atoms with Crippen LogP contribution in [-0.4, -0.2) is 25.2 Å². The molecule has 0 radical (unpaired) electrons. The van der Waals surface area contributed by atoms with Crippen molar-refractivity contribution in [2.75, 3.05) is 18.0 Å². The van der Waals surface area contributed by atoms with Gasteiger partial charge in [0.2, 0.25) is 0 Å². The molecule has 0 spiro atoms. The lowest BCUT2D eigenvalue weighted by Crippen LogP contribution is -2.55. The predicted molar refractivity (Wildman–Crippen MR) is 70.0 cm³/mol. The van der Waals surface area contributed by atoms with Crippen LogP contribution >= 0.6 is 0 Å². The fourth-order valence-electron chi connectivity index (χ4n) is 2.38. The van der Waals surface area contributed by atoms with E-state index in [1.165, 1.54) is 11.3 Å². The van der Waals surface area contributed by atoms with E-state index in [4.69, 9.17) is 5.26 Å². The number of nitrogens with zero attached hydrogens (tertiary/aromatic N) is 2. The zero-order chi connectivity index (χ0) is 12.3. The first kappa shape index (κ1) is 11.9. The number of anilines is 1. The maximum Gasteiger partial charge on any atom is 0.0638 e. The summed E-state index contributed by atoms with van der Waals surface area (Å²) in [6.07, 6.45) is 0.576. The van der Waals surface area contributed by atoms with Gasteiger partial charge in [-0.15, -0.1) is 0 Å². The average Bonchev–Trinajstić information content (AvgIpc) is 2.29. The Kier molecular flexibility index (Phi) is 3.65. The molecule has 1 heterocycles. The number of rotatable bonds is 2. The molecule has 1 N–H and O–H groups in total. The molecule has 17 heavy (non-hydrogen) atoms. The summed E-state index contributed by atoms with van der Waals surface area (Å²) in [5.41, 5.74) is 2.54. The van der Waals surface area contributed by atoms with Gasteiger partial charge in [0.15, 0.2) is 0 Å². The first-order chi connectivity index (χ1) is 8.19. The van der Waals surface area contributed by atoms with Gasteiger partial charge in [0.05, 0.1) is 12.5 Å². The van der Waals surface area contributed by atoms with Gasteiger partial charge in [0.1, 0.15) is 0 Å². The molecule has 2 rings (SSSR count). The van der Waals surface area contributed by atoms with Crippen LogP contribution in [0.3, 0.4) is 0 Å². The van der Waals surface area contributed by atoms with Crippen LogP contribution < -0.4 is 10.2 Å². The lowest BCUT2D eigenvalue weighted by Gasteiger charge is -2.38. The second-order valence-corrected chi connectivity index (χ2v) is 4.87. The Bertz CT molecular complexity index is 404. The summed E-state index contributed by atoms with van der Waals surface area (Å²) in [7, 11) is 0. The molecule has 1 fully saturated rings. The third-order valence-electron chi connectivity index (χ3n) is 3.19.